The van der Waals surface area contributed by atoms with E-state index < -0.39 is 215 Å². The van der Waals surface area contributed by atoms with Crippen molar-refractivity contribution in [1.82, 2.24) is 52.1 Å². The van der Waals surface area contributed by atoms with Gasteiger partial charge in [0.05, 0.1) is 89.6 Å². The lowest BCUT2D eigenvalue weighted by atomic mass is 10.0. The number of imide groups is 1. The fraction of sp³-hybridized carbons (Fsp3) is 0.844. The summed E-state index contributed by atoms with van der Waals surface area (Å²) in [6.45, 7) is 1.87. The van der Waals surface area contributed by atoms with Crippen LogP contribution in [0.25, 0.3) is 0 Å². The average Bonchev–Trinajstić information content (AvgIpc) is 1.74. The Kier molecular flexibility index (Phi) is 39.6. The van der Waals surface area contributed by atoms with Crippen LogP contribution >= 0.6 is 0 Å². The second kappa shape index (κ2) is 46.4. The van der Waals surface area contributed by atoms with Crippen LogP contribution in [0.5, 0.6) is 0 Å². The third-order valence-electron chi connectivity index (χ3n) is 17.8. The highest BCUT2D eigenvalue weighted by Gasteiger charge is 2.46. The number of ether oxygens (including phenoxy) is 8. The van der Waals surface area contributed by atoms with Crippen molar-refractivity contribution in [2.24, 2.45) is 0 Å². The van der Waals surface area contributed by atoms with Gasteiger partial charge in [0.25, 0.3) is 11.8 Å². The first-order valence-electron chi connectivity index (χ1n) is 35.5. The Bertz CT molecular complexity index is 2670. The summed E-state index contributed by atoms with van der Waals surface area (Å²) in [4.78, 5) is 138. The highest BCUT2D eigenvalue weighted by atomic mass is 16.7. The van der Waals surface area contributed by atoms with Crippen molar-refractivity contribution >= 4 is 59.1 Å². The van der Waals surface area contributed by atoms with E-state index in [1.807, 2.05) is 0 Å². The van der Waals surface area contributed by atoms with Gasteiger partial charge in [0.15, 0.2) is 25.2 Å². The number of hydrogen-bond donors (Lipinski definition) is 19. The topological polar surface area (TPSA) is 590 Å². The molecular weight excluding hydrogens is 1400 g/mol. The summed E-state index contributed by atoms with van der Waals surface area (Å²) in [6.07, 6.45) is -24.8. The zero-order valence-electron chi connectivity index (χ0n) is 59.6. The van der Waals surface area contributed by atoms with E-state index >= 15 is 0 Å². The van der Waals surface area contributed by atoms with Gasteiger partial charge in [-0.05, 0) is 72.6 Å². The molecule has 0 aromatic heterocycles. The molecule has 5 aliphatic rings. The van der Waals surface area contributed by atoms with Gasteiger partial charge in [-0.1, -0.05) is 12.8 Å². The molecule has 0 unspecified atom stereocenters. The minimum absolute atomic E-state index is 0.0427. The maximum atomic E-state index is 14.4. The van der Waals surface area contributed by atoms with Gasteiger partial charge < -0.3 is 141 Å². The number of nitrogens with zero attached hydrogens (tertiary/aromatic N) is 3. The van der Waals surface area contributed by atoms with E-state index in [2.05, 4.69) is 37.2 Å². The molecule has 0 radical (unpaired) electrons. The van der Waals surface area contributed by atoms with Crippen LogP contribution in [0, 0.1) is 0 Å². The van der Waals surface area contributed by atoms with Crippen molar-refractivity contribution in [3.8, 4) is 0 Å². The minimum Gasteiger partial charge on any atom is -0.388 e. The molecule has 0 aliphatic carbocycles. The Morgan fingerprint density at radius 1 is 0.381 bits per heavy atom. The van der Waals surface area contributed by atoms with Crippen LogP contribution in [0.15, 0.2) is 0 Å². The van der Waals surface area contributed by atoms with E-state index in [4.69, 9.17) is 42.7 Å². The number of hydroxylamine groups is 2. The second-order valence-corrected chi connectivity index (χ2v) is 26.3. The molecule has 5 aliphatic heterocycles. The molecule has 0 bridgehead atoms. The summed E-state index contributed by atoms with van der Waals surface area (Å²) in [7, 11) is 0. The number of rotatable bonds is 46. The molecular formula is C64H110N10O31. The Balaban J connectivity index is 1.19. The van der Waals surface area contributed by atoms with Gasteiger partial charge in [0.1, 0.15) is 73.2 Å². The van der Waals surface area contributed by atoms with Crippen molar-refractivity contribution in [2.75, 3.05) is 105 Å². The van der Waals surface area contributed by atoms with Gasteiger partial charge in [-0.2, -0.15) is 0 Å². The molecule has 5 rings (SSSR count). The third kappa shape index (κ3) is 30.2. The van der Waals surface area contributed by atoms with Crippen LogP contribution in [-0.2, 0) is 90.7 Å². The maximum absolute atomic E-state index is 14.4. The molecule has 0 aromatic rings. The van der Waals surface area contributed by atoms with E-state index in [-0.39, 0.29) is 123 Å². The molecule has 602 valence electrons. The molecule has 5 heterocycles. The third-order valence-corrected chi connectivity index (χ3v) is 17.8. The lowest BCUT2D eigenvalue weighted by Gasteiger charge is -2.39. The number of aliphatic hydroxyl groups is 12. The molecule has 9 amide bonds. The lowest BCUT2D eigenvalue weighted by Crippen LogP contribution is -2.58. The molecule has 21 atom stereocenters. The smallest absolute Gasteiger partial charge is 0.333 e. The quantitative estimate of drug-likeness (QED) is 0.0199. The number of unbranched alkanes of at least 4 members (excludes halogenated alkanes) is 5. The zero-order valence-corrected chi connectivity index (χ0v) is 59.6. The van der Waals surface area contributed by atoms with Gasteiger partial charge >= 0.3 is 5.97 Å². The van der Waals surface area contributed by atoms with Crippen molar-refractivity contribution < 1.29 is 152 Å². The first-order valence-corrected chi connectivity index (χ1v) is 35.5. The van der Waals surface area contributed by atoms with Crippen molar-refractivity contribution in [2.45, 2.75) is 240 Å². The molecule has 5 fully saturated rings. The zero-order chi connectivity index (χ0) is 77.4. The Morgan fingerprint density at radius 3 is 1.05 bits per heavy atom. The summed E-state index contributed by atoms with van der Waals surface area (Å²) in [5.41, 5.74) is 0. The van der Waals surface area contributed by atoms with Gasteiger partial charge in [-0.15, -0.1) is 5.06 Å². The number of nitrogens with one attached hydrogen (secondary N) is 7. The molecule has 105 heavy (non-hydrogen) atoms. The first kappa shape index (κ1) is 89.6. The SMILES string of the molecule is C[C@@H]1O[C@@H](OCCNC(=O)CCCCCNC(=O)CN(CC(=O)NCCCCCC(=O)ON2C(=O)CCC2=O)CC(=O)NCCCC[C@@H](C(=O)NCCO[C@@H]2O[C@@H](C)[C@@H](O)[C@@H](O)[C@@H]2O)N(CC(=O)NCCO[C@@H]2O[C@@H](C)[C@@H](O)[C@@H](O)[C@@H]2O)CC(=O)NCCO[C@@H]2O[C@@H](C)[C@@H](O)[C@@H](O)[C@@H]2O)[C@@H](O)[C@H](O)[C@@H]1O. The first-order chi connectivity index (χ1) is 49.9. The predicted octanol–water partition coefficient (Wildman–Crippen LogP) is -9.95. The van der Waals surface area contributed by atoms with Crippen LogP contribution < -0.4 is 37.2 Å². The summed E-state index contributed by atoms with van der Waals surface area (Å²) in [5, 5.41) is 142. The summed E-state index contributed by atoms with van der Waals surface area (Å²) < 4.78 is 43.9. The van der Waals surface area contributed by atoms with Crippen molar-refractivity contribution in [3.63, 3.8) is 0 Å². The highest BCUT2D eigenvalue weighted by molar-refractivity contribution is 6.01. The summed E-state index contributed by atoms with van der Waals surface area (Å²) in [6, 6.07) is -1.32. The van der Waals surface area contributed by atoms with E-state index in [1.54, 1.807) is 0 Å². The van der Waals surface area contributed by atoms with E-state index in [1.165, 1.54) is 37.5 Å². The summed E-state index contributed by atoms with van der Waals surface area (Å²) >= 11 is 0. The summed E-state index contributed by atoms with van der Waals surface area (Å²) in [5.74, 6) is -6.29. The Labute approximate surface area is 606 Å². The Morgan fingerprint density at radius 2 is 0.686 bits per heavy atom. The standard InChI is InChI=1S/C64H110N10O31/c1-34-48(84)52(88)56(92)61(101-34)97-25-21-68-39(75)14-7-5-10-18-65-40(76)29-72(30-41(77)66-19-11-6-8-15-47(83)105-74-45(81)16-17-46(74)82)31-42(78)67-20-12-9-13-38(60(96)71-24-28-100-64-59(95)55(91)51(87)37(4)104-64)73(32-43(79)69-22-26-98-62-57(93)53(89)49(85)35(2)102-62)33-44(80)70-23-27-99-63-58(94)54(90)50(86)36(3)103-63/h34-38,48-59,61-64,84-95H,5-33H2,1-4H3,(H,65,76)(H,66,77)(H,67,78)(H,68,75)(H,69,79)(H,70,80)(H,71,96)/t34-,35-,36-,37-,38-,48+,49+,50+,51+,52+,53+,54+,55+,56-,57-,58-,59-,61+,62+,63+,64+/m0/s1. The van der Waals surface area contributed by atoms with E-state index in [0.717, 1.165) is 0 Å². The lowest BCUT2D eigenvalue weighted by molar-refractivity contribution is -0.292. The average molecular weight is 1520 g/mol. The maximum Gasteiger partial charge on any atom is 0.333 e. The largest absolute Gasteiger partial charge is 0.388 e. The van der Waals surface area contributed by atoms with Crippen LogP contribution in [-0.4, -0.2) is 369 Å². The van der Waals surface area contributed by atoms with Crippen LogP contribution in [0.1, 0.15) is 111 Å². The number of carbonyl (C=O) groups is 10. The van der Waals surface area contributed by atoms with Crippen molar-refractivity contribution in [1.29, 1.82) is 0 Å². The van der Waals surface area contributed by atoms with Gasteiger partial charge in [-0.25, -0.2) is 4.79 Å². The number of amides is 9. The normalized spacial score (nSPS) is 30.2. The monoisotopic (exact) mass is 1510 g/mol. The number of carbonyl (C=O) groups excluding carboxylic acids is 10. The van der Waals surface area contributed by atoms with Crippen LogP contribution in [0.2, 0.25) is 0 Å². The molecule has 41 heteroatoms. The van der Waals surface area contributed by atoms with Gasteiger partial charge in [0.2, 0.25) is 41.4 Å². The molecule has 0 saturated carbocycles. The fourth-order valence-electron chi connectivity index (χ4n) is 11.5. The number of aliphatic hydroxyl groups excluding tert-OH is 12. The predicted molar refractivity (Wildman–Crippen MR) is 354 cm³/mol. The van der Waals surface area contributed by atoms with Gasteiger partial charge in [0, 0.05) is 71.5 Å². The molecule has 41 nitrogen and oxygen atoms in total. The molecule has 0 spiro atoms. The van der Waals surface area contributed by atoms with E-state index in [0.29, 0.717) is 43.6 Å². The minimum atomic E-state index is -1.67. The fourth-order valence-corrected chi connectivity index (χ4v) is 11.5. The van der Waals surface area contributed by atoms with Crippen molar-refractivity contribution in [3.05, 3.63) is 0 Å². The second-order valence-electron chi connectivity index (χ2n) is 26.3. The molecule has 19 N–H and O–H groups in total. The van der Waals surface area contributed by atoms with E-state index in [9.17, 15) is 109 Å². The molecule has 5 saturated heterocycles. The van der Waals surface area contributed by atoms with Crippen LogP contribution in [0.4, 0.5) is 0 Å². The van der Waals surface area contributed by atoms with Gasteiger partial charge in [-0.3, -0.25) is 53.0 Å². The Hall–Kier alpha value is -5.98. The highest BCUT2D eigenvalue weighted by Crippen LogP contribution is 2.26. The molecule has 0 aromatic carbocycles. The number of hydrogen-bond acceptors (Lipinski definition) is 33. The van der Waals surface area contributed by atoms with Crippen LogP contribution in [0.3, 0.4) is 0 Å².